The van der Waals surface area contributed by atoms with Gasteiger partial charge in [-0.25, -0.2) is 4.79 Å². The van der Waals surface area contributed by atoms with Gasteiger partial charge in [0.05, 0.1) is 6.54 Å². The molecule has 0 radical (unpaired) electrons. The molecule has 0 unspecified atom stereocenters. The lowest BCUT2D eigenvalue weighted by atomic mass is 9.69. The van der Waals surface area contributed by atoms with Gasteiger partial charge in [-0.05, 0) is 37.0 Å². The van der Waals surface area contributed by atoms with Crippen LogP contribution in [0, 0.1) is 23.7 Å². The molecule has 0 bridgehead atoms. The number of nitrogens with zero attached hydrogens (tertiary/aromatic N) is 1. The summed E-state index contributed by atoms with van der Waals surface area (Å²) in [6.07, 6.45) is 3.74. The molecular weight excluding hydrogens is 306 g/mol. The van der Waals surface area contributed by atoms with Crippen LogP contribution in [-0.4, -0.2) is 27.3 Å². The highest BCUT2D eigenvalue weighted by Gasteiger charge is 2.38. The number of amides is 1. The molecule has 2 aliphatic rings. The van der Waals surface area contributed by atoms with Gasteiger partial charge in [0.25, 0.3) is 5.56 Å². The number of H-pyrrole nitrogens is 2. The lowest BCUT2D eigenvalue weighted by molar-refractivity contribution is -0.141. The second-order valence-corrected chi connectivity index (χ2v) is 7.81. The van der Waals surface area contributed by atoms with E-state index in [0.29, 0.717) is 48.5 Å². The van der Waals surface area contributed by atoms with Crippen LogP contribution in [0.1, 0.15) is 51.3 Å². The molecule has 1 amide bonds. The third kappa shape index (κ3) is 3.19. The first kappa shape index (κ1) is 17.0. The summed E-state index contributed by atoms with van der Waals surface area (Å²) in [6, 6.07) is 0. The van der Waals surface area contributed by atoms with Crippen LogP contribution in [0.4, 0.5) is 0 Å². The number of fused-ring (bicyclic) bond motifs is 1. The van der Waals surface area contributed by atoms with Crippen molar-refractivity contribution in [3.63, 3.8) is 0 Å². The Labute approximate surface area is 141 Å². The number of rotatable bonds is 2. The number of aromatic nitrogens is 2. The van der Waals surface area contributed by atoms with Crippen molar-refractivity contribution in [1.29, 1.82) is 0 Å². The van der Waals surface area contributed by atoms with Crippen molar-refractivity contribution in [1.82, 2.24) is 14.9 Å². The van der Waals surface area contributed by atoms with Crippen molar-refractivity contribution >= 4 is 5.91 Å². The maximum absolute atomic E-state index is 13.1. The summed E-state index contributed by atoms with van der Waals surface area (Å²) in [5.74, 6) is 1.74. The van der Waals surface area contributed by atoms with Crippen LogP contribution < -0.4 is 11.2 Å². The van der Waals surface area contributed by atoms with Gasteiger partial charge in [0.2, 0.25) is 5.91 Å². The van der Waals surface area contributed by atoms with Gasteiger partial charge < -0.3 is 9.88 Å². The monoisotopic (exact) mass is 333 g/mol. The highest BCUT2D eigenvalue weighted by molar-refractivity contribution is 5.79. The number of nitrogens with one attached hydrogen (secondary N) is 2. The lowest BCUT2D eigenvalue weighted by Gasteiger charge is -2.40. The quantitative estimate of drug-likeness (QED) is 0.863. The van der Waals surface area contributed by atoms with Crippen molar-refractivity contribution in [2.45, 2.75) is 53.0 Å². The molecule has 24 heavy (non-hydrogen) atoms. The molecule has 1 aliphatic carbocycles. The van der Waals surface area contributed by atoms with Crippen LogP contribution in [0.15, 0.2) is 9.59 Å². The van der Waals surface area contributed by atoms with Crippen molar-refractivity contribution in [3.8, 4) is 0 Å². The summed E-state index contributed by atoms with van der Waals surface area (Å²) in [4.78, 5) is 43.3. The fourth-order valence-electron chi connectivity index (χ4n) is 4.38. The van der Waals surface area contributed by atoms with Crippen molar-refractivity contribution in [2.75, 3.05) is 6.54 Å². The Kier molecular flexibility index (Phi) is 4.65. The number of aromatic amines is 2. The van der Waals surface area contributed by atoms with E-state index in [9.17, 15) is 14.4 Å². The lowest BCUT2D eigenvalue weighted by Crippen LogP contribution is -2.46. The second kappa shape index (κ2) is 6.57. The summed E-state index contributed by atoms with van der Waals surface area (Å²) in [6.45, 7) is 7.51. The molecule has 1 aromatic heterocycles. The van der Waals surface area contributed by atoms with Crippen molar-refractivity contribution < 1.29 is 4.79 Å². The van der Waals surface area contributed by atoms with Gasteiger partial charge in [-0.3, -0.25) is 14.6 Å². The van der Waals surface area contributed by atoms with Crippen LogP contribution >= 0.6 is 0 Å². The Morgan fingerprint density at radius 2 is 1.96 bits per heavy atom. The van der Waals surface area contributed by atoms with Crippen LogP contribution in [0.25, 0.3) is 0 Å². The third-order valence-corrected chi connectivity index (χ3v) is 5.76. The van der Waals surface area contributed by atoms with Gasteiger partial charge in [0.1, 0.15) is 0 Å². The van der Waals surface area contributed by atoms with E-state index in [-0.39, 0.29) is 17.4 Å². The fraction of sp³-hybridized carbons (Fsp3) is 0.722. The minimum absolute atomic E-state index is 0.0593. The Morgan fingerprint density at radius 1 is 1.21 bits per heavy atom. The van der Waals surface area contributed by atoms with E-state index in [1.807, 2.05) is 4.90 Å². The Morgan fingerprint density at radius 3 is 2.67 bits per heavy atom. The van der Waals surface area contributed by atoms with E-state index in [1.54, 1.807) is 0 Å². The summed E-state index contributed by atoms with van der Waals surface area (Å²) in [5.41, 5.74) is 0.371. The van der Waals surface area contributed by atoms with Gasteiger partial charge in [-0.15, -0.1) is 0 Å². The van der Waals surface area contributed by atoms with E-state index in [0.717, 1.165) is 12.8 Å². The first-order valence-corrected chi connectivity index (χ1v) is 9.00. The van der Waals surface area contributed by atoms with Crippen molar-refractivity contribution in [2.24, 2.45) is 23.7 Å². The van der Waals surface area contributed by atoms with E-state index in [1.165, 1.54) is 6.42 Å². The fourth-order valence-corrected chi connectivity index (χ4v) is 4.38. The minimum Gasteiger partial charge on any atom is -0.336 e. The van der Waals surface area contributed by atoms with Crippen LogP contribution in [0.5, 0.6) is 0 Å². The average Bonchev–Trinajstić information content (AvgIpc) is 2.53. The molecule has 6 nitrogen and oxygen atoms in total. The zero-order valence-corrected chi connectivity index (χ0v) is 14.7. The molecule has 3 atom stereocenters. The van der Waals surface area contributed by atoms with Crippen LogP contribution in [0.3, 0.4) is 0 Å². The molecule has 1 aliphatic heterocycles. The number of hydrogen-bond donors (Lipinski definition) is 2. The molecule has 0 saturated heterocycles. The van der Waals surface area contributed by atoms with E-state index in [2.05, 4.69) is 30.7 Å². The Bertz CT molecular complexity index is 734. The van der Waals surface area contributed by atoms with Gasteiger partial charge >= 0.3 is 5.69 Å². The molecule has 1 saturated carbocycles. The molecule has 2 heterocycles. The molecule has 2 N–H and O–H groups in total. The molecule has 3 rings (SSSR count). The largest absolute Gasteiger partial charge is 0.336 e. The average molecular weight is 333 g/mol. The SMILES string of the molecule is CC(C)[C@@H]1CC[C@H](C)C[C@H]1C(=O)N1CCc2c([nH]c(=O)[nH]c2=O)C1. The summed E-state index contributed by atoms with van der Waals surface area (Å²) >= 11 is 0. The zero-order valence-electron chi connectivity index (χ0n) is 14.7. The second-order valence-electron chi connectivity index (χ2n) is 7.81. The van der Waals surface area contributed by atoms with Gasteiger partial charge in [0, 0.05) is 23.7 Å². The normalized spacial score (nSPS) is 27.2. The van der Waals surface area contributed by atoms with Crippen LogP contribution in [-0.2, 0) is 17.8 Å². The van der Waals surface area contributed by atoms with Crippen molar-refractivity contribution in [3.05, 3.63) is 32.1 Å². The van der Waals surface area contributed by atoms with E-state index in [4.69, 9.17) is 0 Å². The van der Waals surface area contributed by atoms with Gasteiger partial charge in [-0.2, -0.15) is 0 Å². The topological polar surface area (TPSA) is 86.0 Å². The number of hydrogen-bond acceptors (Lipinski definition) is 3. The standard InChI is InChI=1S/C18H27N3O3/c1-10(2)12-5-4-11(3)8-14(12)17(23)21-7-6-13-15(9-21)19-18(24)20-16(13)22/h10-12,14H,4-9H2,1-3H3,(H2,19,20,22,24)/t11-,12-,14+/m0/s1. The predicted molar refractivity (Wildman–Crippen MR) is 91.6 cm³/mol. The molecular formula is C18H27N3O3. The first-order chi connectivity index (χ1) is 11.4. The Balaban J connectivity index is 1.82. The smallest absolute Gasteiger partial charge is 0.325 e. The highest BCUT2D eigenvalue weighted by Crippen LogP contribution is 2.39. The van der Waals surface area contributed by atoms with E-state index >= 15 is 0 Å². The molecule has 6 heteroatoms. The summed E-state index contributed by atoms with van der Waals surface area (Å²) in [7, 11) is 0. The summed E-state index contributed by atoms with van der Waals surface area (Å²) in [5, 5.41) is 0. The predicted octanol–water partition coefficient (Wildman–Crippen LogP) is 1.66. The minimum atomic E-state index is -0.501. The number of carbonyl (C=O) groups excluding carboxylic acids is 1. The molecule has 0 aromatic carbocycles. The number of carbonyl (C=O) groups is 1. The summed E-state index contributed by atoms with van der Waals surface area (Å²) < 4.78 is 0. The maximum Gasteiger partial charge on any atom is 0.325 e. The maximum atomic E-state index is 13.1. The molecule has 132 valence electrons. The highest BCUT2D eigenvalue weighted by atomic mass is 16.2. The molecule has 0 spiro atoms. The molecule has 1 aromatic rings. The third-order valence-electron chi connectivity index (χ3n) is 5.76. The van der Waals surface area contributed by atoms with Crippen LogP contribution in [0.2, 0.25) is 0 Å². The zero-order chi connectivity index (χ0) is 17.4. The van der Waals surface area contributed by atoms with E-state index < -0.39 is 5.69 Å². The van der Waals surface area contributed by atoms with Gasteiger partial charge in [-0.1, -0.05) is 27.2 Å². The first-order valence-electron chi connectivity index (χ1n) is 9.00. The Hall–Kier alpha value is -1.85. The van der Waals surface area contributed by atoms with Gasteiger partial charge in [0.15, 0.2) is 0 Å². The molecule has 1 fully saturated rings.